The molecule has 5 heteroatoms. The van der Waals surface area contributed by atoms with Gasteiger partial charge in [0, 0.05) is 10.4 Å². The van der Waals surface area contributed by atoms with Crippen molar-refractivity contribution in [2.24, 2.45) is 0 Å². The van der Waals surface area contributed by atoms with E-state index in [1.807, 2.05) is 18.2 Å². The first-order valence-corrected chi connectivity index (χ1v) is 7.63. The third-order valence-corrected chi connectivity index (χ3v) is 4.22. The lowest BCUT2D eigenvalue weighted by Crippen LogP contribution is -1.96. The van der Waals surface area contributed by atoms with Crippen molar-refractivity contribution in [2.45, 2.75) is 12.5 Å². The molecule has 0 amide bonds. The first-order chi connectivity index (χ1) is 9.10. The largest absolute Gasteiger partial charge is 0.489 e. The predicted molar refractivity (Wildman–Crippen MR) is 82.1 cm³/mol. The molecule has 0 fully saturated rings. The van der Waals surface area contributed by atoms with Gasteiger partial charge >= 0.3 is 0 Å². The fourth-order valence-electron chi connectivity index (χ4n) is 1.54. The van der Waals surface area contributed by atoms with Crippen molar-refractivity contribution < 1.29 is 9.13 Å². The van der Waals surface area contributed by atoms with Crippen LogP contribution in [0.4, 0.5) is 4.39 Å². The van der Waals surface area contributed by atoms with E-state index in [0.29, 0.717) is 17.0 Å². The minimum absolute atomic E-state index is 0.281. The smallest absolute Gasteiger partial charge is 0.137 e. The van der Waals surface area contributed by atoms with E-state index in [-0.39, 0.29) is 5.82 Å². The van der Waals surface area contributed by atoms with E-state index in [2.05, 4.69) is 31.9 Å². The van der Waals surface area contributed by atoms with Crippen LogP contribution < -0.4 is 4.74 Å². The third-order valence-electron chi connectivity index (χ3n) is 2.55. The zero-order chi connectivity index (χ0) is 13.8. The third kappa shape index (κ3) is 3.94. The maximum atomic E-state index is 13.1. The molecule has 0 aliphatic heterocycles. The van der Waals surface area contributed by atoms with Gasteiger partial charge in [-0.15, -0.1) is 11.6 Å². The van der Waals surface area contributed by atoms with Gasteiger partial charge in [-0.2, -0.15) is 0 Å². The van der Waals surface area contributed by atoms with Crippen molar-refractivity contribution >= 4 is 43.5 Å². The van der Waals surface area contributed by atoms with E-state index in [9.17, 15) is 4.39 Å². The molecule has 19 heavy (non-hydrogen) atoms. The Bertz CT molecular complexity index is 590. The normalized spacial score (nSPS) is 10.5. The van der Waals surface area contributed by atoms with E-state index in [4.69, 9.17) is 16.3 Å². The fourth-order valence-corrected chi connectivity index (χ4v) is 2.73. The summed E-state index contributed by atoms with van der Waals surface area (Å²) in [5, 5.41) is 0. The van der Waals surface area contributed by atoms with Gasteiger partial charge < -0.3 is 4.74 Å². The highest BCUT2D eigenvalue weighted by Gasteiger charge is 2.04. The molecule has 1 nitrogen and oxygen atoms in total. The molecule has 0 bridgehead atoms. The zero-order valence-corrected chi connectivity index (χ0v) is 13.7. The summed E-state index contributed by atoms with van der Waals surface area (Å²) in [6.45, 7) is 0.377. The second kappa shape index (κ2) is 6.73. The molecule has 0 saturated heterocycles. The minimum atomic E-state index is -0.281. The first kappa shape index (κ1) is 14.8. The van der Waals surface area contributed by atoms with Crippen molar-refractivity contribution in [1.82, 2.24) is 0 Å². The summed E-state index contributed by atoms with van der Waals surface area (Å²) in [7, 11) is 0. The van der Waals surface area contributed by atoms with Gasteiger partial charge in [0.1, 0.15) is 18.2 Å². The molecule has 0 aromatic heterocycles. The van der Waals surface area contributed by atoms with Crippen molar-refractivity contribution in [1.29, 1.82) is 0 Å². The molecule has 0 unspecified atom stereocenters. The molecule has 0 heterocycles. The lowest BCUT2D eigenvalue weighted by molar-refractivity contribution is 0.305. The van der Waals surface area contributed by atoms with Crippen LogP contribution in [0.25, 0.3) is 0 Å². The Morgan fingerprint density at radius 1 is 1.05 bits per heavy atom. The van der Waals surface area contributed by atoms with Crippen LogP contribution in [0.1, 0.15) is 11.1 Å². The van der Waals surface area contributed by atoms with Gasteiger partial charge in [-0.3, -0.25) is 0 Å². The summed E-state index contributed by atoms with van der Waals surface area (Å²) in [5.41, 5.74) is 1.86. The van der Waals surface area contributed by atoms with Crippen LogP contribution in [0, 0.1) is 5.82 Å². The zero-order valence-electron chi connectivity index (χ0n) is 9.80. The average molecular weight is 408 g/mol. The number of rotatable bonds is 4. The van der Waals surface area contributed by atoms with Crippen LogP contribution in [0.2, 0.25) is 0 Å². The highest BCUT2D eigenvalue weighted by Crippen LogP contribution is 2.25. The van der Waals surface area contributed by atoms with Crippen molar-refractivity contribution in [3.05, 3.63) is 62.3 Å². The number of hydrogen-bond acceptors (Lipinski definition) is 1. The second-order valence-corrected chi connectivity index (χ2v) is 5.90. The molecule has 0 atom stereocenters. The van der Waals surface area contributed by atoms with Crippen LogP contribution in [0.3, 0.4) is 0 Å². The van der Waals surface area contributed by atoms with Gasteiger partial charge in [0.25, 0.3) is 0 Å². The molecular weight excluding hydrogens is 398 g/mol. The molecular formula is C14H10Br2ClFO. The standard InChI is InChI=1S/C14H10Br2ClFO/c15-12-3-2-11(6-10(12)7-17)19-8-9-1-4-14(18)13(16)5-9/h1-6H,7-8H2. The maximum absolute atomic E-state index is 13.1. The predicted octanol–water partition coefficient (Wildman–Crippen LogP) is 5.67. The second-order valence-electron chi connectivity index (χ2n) is 3.92. The number of hydrogen-bond donors (Lipinski definition) is 0. The Balaban J connectivity index is 2.07. The fraction of sp³-hybridized carbons (Fsp3) is 0.143. The summed E-state index contributed by atoms with van der Waals surface area (Å²) in [5.74, 6) is 0.871. The first-order valence-electron chi connectivity index (χ1n) is 5.51. The average Bonchev–Trinajstić information content (AvgIpc) is 2.41. The Kier molecular flexibility index (Phi) is 5.25. The van der Waals surface area contributed by atoms with E-state index >= 15 is 0 Å². The lowest BCUT2D eigenvalue weighted by Gasteiger charge is -2.09. The molecule has 2 aromatic carbocycles. The van der Waals surface area contributed by atoms with Gasteiger partial charge in [-0.1, -0.05) is 22.0 Å². The molecule has 0 N–H and O–H groups in total. The minimum Gasteiger partial charge on any atom is -0.489 e. The molecule has 100 valence electrons. The molecule has 0 aliphatic rings. The topological polar surface area (TPSA) is 9.23 Å². The van der Waals surface area contributed by atoms with Crippen LogP contribution in [-0.2, 0) is 12.5 Å². The van der Waals surface area contributed by atoms with Crippen LogP contribution in [-0.4, -0.2) is 0 Å². The Labute approximate surface area is 133 Å². The summed E-state index contributed by atoms with van der Waals surface area (Å²) < 4.78 is 20.2. The SMILES string of the molecule is Fc1ccc(COc2ccc(Br)c(CCl)c2)cc1Br. The van der Waals surface area contributed by atoms with Crippen LogP contribution >= 0.6 is 43.5 Å². The Hall–Kier alpha value is -0.580. The summed E-state index contributed by atoms with van der Waals surface area (Å²) in [6.07, 6.45) is 0. The Morgan fingerprint density at radius 2 is 1.84 bits per heavy atom. The van der Waals surface area contributed by atoms with E-state index < -0.39 is 0 Å². The molecule has 2 aromatic rings. The van der Waals surface area contributed by atoms with Crippen molar-refractivity contribution in [3.63, 3.8) is 0 Å². The van der Waals surface area contributed by atoms with E-state index in [0.717, 1.165) is 21.3 Å². The summed E-state index contributed by atoms with van der Waals surface area (Å²) >= 11 is 12.4. The quantitative estimate of drug-likeness (QED) is 0.593. The van der Waals surface area contributed by atoms with Gasteiger partial charge in [0.15, 0.2) is 0 Å². The number of halogens is 4. The van der Waals surface area contributed by atoms with Crippen LogP contribution in [0.5, 0.6) is 5.75 Å². The molecule has 0 saturated carbocycles. The summed E-state index contributed by atoms with van der Waals surface area (Å²) in [6, 6.07) is 10.5. The van der Waals surface area contributed by atoms with E-state index in [1.165, 1.54) is 6.07 Å². The highest BCUT2D eigenvalue weighted by molar-refractivity contribution is 9.10. The summed E-state index contributed by atoms with van der Waals surface area (Å²) in [4.78, 5) is 0. The van der Waals surface area contributed by atoms with E-state index in [1.54, 1.807) is 12.1 Å². The monoisotopic (exact) mass is 406 g/mol. The highest BCUT2D eigenvalue weighted by atomic mass is 79.9. The maximum Gasteiger partial charge on any atom is 0.137 e. The molecule has 0 spiro atoms. The van der Waals surface area contributed by atoms with Gasteiger partial charge in [0.2, 0.25) is 0 Å². The molecule has 0 radical (unpaired) electrons. The van der Waals surface area contributed by atoms with Gasteiger partial charge in [0.05, 0.1) is 4.47 Å². The van der Waals surface area contributed by atoms with Crippen LogP contribution in [0.15, 0.2) is 45.3 Å². The van der Waals surface area contributed by atoms with Gasteiger partial charge in [-0.05, 0) is 57.4 Å². The number of alkyl halides is 1. The number of ether oxygens (including phenoxy) is 1. The van der Waals surface area contributed by atoms with Crippen molar-refractivity contribution in [2.75, 3.05) is 0 Å². The van der Waals surface area contributed by atoms with Gasteiger partial charge in [-0.25, -0.2) is 4.39 Å². The van der Waals surface area contributed by atoms with Crippen molar-refractivity contribution in [3.8, 4) is 5.75 Å². The lowest BCUT2D eigenvalue weighted by atomic mass is 10.2. The molecule has 2 rings (SSSR count). The Morgan fingerprint density at radius 3 is 2.53 bits per heavy atom. The number of benzene rings is 2. The molecule has 0 aliphatic carbocycles.